The van der Waals surface area contributed by atoms with Crippen LogP contribution in [0.4, 0.5) is 13.2 Å². The summed E-state index contributed by atoms with van der Waals surface area (Å²) in [5.41, 5.74) is -0.0805. The molecule has 0 saturated carbocycles. The maximum absolute atomic E-state index is 12.7. The van der Waals surface area contributed by atoms with Crippen LogP contribution in [-0.2, 0) is 15.7 Å². The minimum atomic E-state index is -4.37. The van der Waals surface area contributed by atoms with Crippen LogP contribution >= 0.6 is 0 Å². The molecule has 5 heteroatoms. The molecule has 0 bridgehead atoms. The van der Waals surface area contributed by atoms with E-state index < -0.39 is 17.7 Å². The van der Waals surface area contributed by atoms with Crippen molar-refractivity contribution in [3.05, 3.63) is 41.0 Å². The number of esters is 1. The van der Waals surface area contributed by atoms with Gasteiger partial charge in [-0.1, -0.05) is 24.3 Å². The van der Waals surface area contributed by atoms with E-state index in [1.165, 1.54) is 25.1 Å². The van der Waals surface area contributed by atoms with E-state index in [1.54, 1.807) is 13.0 Å². The van der Waals surface area contributed by atoms with Crippen LogP contribution < -0.4 is 0 Å². The van der Waals surface area contributed by atoms with Gasteiger partial charge in [0, 0.05) is 0 Å². The molecule has 0 unspecified atom stereocenters. The first kappa shape index (κ1) is 15.3. The molecule has 19 heavy (non-hydrogen) atoms. The van der Waals surface area contributed by atoms with Crippen molar-refractivity contribution in [3.8, 4) is 0 Å². The largest absolute Gasteiger partial charge is 0.466 e. The number of hydrogen-bond acceptors (Lipinski definition) is 2. The molecule has 1 rings (SSSR count). The zero-order valence-electron chi connectivity index (χ0n) is 10.8. The first-order valence-electron chi connectivity index (χ1n) is 5.84. The van der Waals surface area contributed by atoms with Crippen LogP contribution in [0.3, 0.4) is 0 Å². The molecule has 0 saturated heterocycles. The molecule has 0 atom stereocenters. The zero-order valence-corrected chi connectivity index (χ0v) is 10.8. The summed E-state index contributed by atoms with van der Waals surface area (Å²) in [6, 6.07) is 4.05. The summed E-state index contributed by atoms with van der Waals surface area (Å²) < 4.78 is 42.8. The lowest BCUT2D eigenvalue weighted by Crippen LogP contribution is -2.07. The number of alkyl halides is 3. The van der Waals surface area contributed by atoms with E-state index >= 15 is 0 Å². The topological polar surface area (TPSA) is 26.3 Å². The van der Waals surface area contributed by atoms with Crippen LogP contribution in [0.5, 0.6) is 0 Å². The average Bonchev–Trinajstić information content (AvgIpc) is 2.30. The van der Waals surface area contributed by atoms with Crippen molar-refractivity contribution in [2.24, 2.45) is 0 Å². The molecule has 0 aliphatic heterocycles. The number of halogens is 3. The Bertz CT molecular complexity index is 476. The molecule has 0 aliphatic carbocycles. The highest BCUT2D eigenvalue weighted by Gasteiger charge is 2.32. The fourth-order valence-electron chi connectivity index (χ4n) is 1.56. The maximum atomic E-state index is 12.7. The van der Waals surface area contributed by atoms with Gasteiger partial charge in [0.15, 0.2) is 0 Å². The molecule has 0 fully saturated rings. The number of aryl methyl sites for hydroxylation is 1. The molecule has 1 aromatic rings. The Hall–Kier alpha value is -1.78. The van der Waals surface area contributed by atoms with Gasteiger partial charge in [0.05, 0.1) is 18.6 Å². The third-order valence-electron chi connectivity index (χ3n) is 2.47. The fraction of sp³-hybridized carbons (Fsp3) is 0.357. The highest BCUT2D eigenvalue weighted by Crippen LogP contribution is 2.32. The highest BCUT2D eigenvalue weighted by molar-refractivity contribution is 5.72. The normalized spacial score (nSPS) is 11.8. The van der Waals surface area contributed by atoms with E-state index in [4.69, 9.17) is 4.74 Å². The molecule has 1 aromatic carbocycles. The summed E-state index contributed by atoms with van der Waals surface area (Å²) in [5, 5.41) is 0. The quantitative estimate of drug-likeness (QED) is 0.775. The molecule has 0 radical (unpaired) electrons. The monoisotopic (exact) mass is 272 g/mol. The first-order chi connectivity index (χ1) is 8.84. The number of carbonyl (C=O) groups excluding carboxylic acids is 1. The Labute approximate surface area is 109 Å². The van der Waals surface area contributed by atoms with Crippen LogP contribution in [0.1, 0.15) is 30.0 Å². The number of rotatable bonds is 4. The van der Waals surface area contributed by atoms with E-state index in [-0.39, 0.29) is 18.6 Å². The second-order valence-corrected chi connectivity index (χ2v) is 3.98. The molecule has 0 amide bonds. The van der Waals surface area contributed by atoms with Crippen LogP contribution in [0.2, 0.25) is 0 Å². The summed E-state index contributed by atoms with van der Waals surface area (Å²) in [5.74, 6) is -0.401. The summed E-state index contributed by atoms with van der Waals surface area (Å²) >= 11 is 0. The van der Waals surface area contributed by atoms with Gasteiger partial charge in [0.1, 0.15) is 0 Å². The Balaban J connectivity index is 2.80. The van der Waals surface area contributed by atoms with Crippen LogP contribution in [0.25, 0.3) is 6.08 Å². The Kier molecular flexibility index (Phi) is 5.15. The molecule has 0 heterocycles. The van der Waals surface area contributed by atoms with E-state index in [1.807, 2.05) is 0 Å². The SMILES string of the molecule is CCOC(=O)CC=Cc1ccc(C)c(C(F)(F)F)c1. The minimum Gasteiger partial charge on any atom is -0.466 e. The lowest BCUT2D eigenvalue weighted by Gasteiger charge is -2.10. The molecule has 104 valence electrons. The summed E-state index contributed by atoms with van der Waals surface area (Å²) in [6.45, 7) is 3.39. The minimum absolute atomic E-state index is 0.0447. The third kappa shape index (κ3) is 4.77. The summed E-state index contributed by atoms with van der Waals surface area (Å²) in [4.78, 5) is 11.1. The summed E-state index contributed by atoms with van der Waals surface area (Å²) in [6.07, 6.45) is -1.35. The number of hydrogen-bond donors (Lipinski definition) is 0. The lowest BCUT2D eigenvalue weighted by molar-refractivity contribution is -0.142. The predicted molar refractivity (Wildman–Crippen MR) is 66.5 cm³/mol. The Morgan fingerprint density at radius 1 is 1.37 bits per heavy atom. The van der Waals surface area contributed by atoms with Crippen molar-refractivity contribution < 1.29 is 22.7 Å². The van der Waals surface area contributed by atoms with Crippen molar-refractivity contribution >= 4 is 12.0 Å². The molecular formula is C14H15F3O2. The van der Waals surface area contributed by atoms with E-state index in [9.17, 15) is 18.0 Å². The lowest BCUT2D eigenvalue weighted by atomic mass is 10.0. The van der Waals surface area contributed by atoms with Gasteiger partial charge in [-0.2, -0.15) is 13.2 Å². The average molecular weight is 272 g/mol. The molecule has 0 spiro atoms. The van der Waals surface area contributed by atoms with Crippen molar-refractivity contribution in [3.63, 3.8) is 0 Å². The zero-order chi connectivity index (χ0) is 14.5. The van der Waals surface area contributed by atoms with Gasteiger partial charge in [0.25, 0.3) is 0 Å². The standard InChI is InChI=1S/C14H15F3O2/c1-3-19-13(18)6-4-5-11-8-7-10(2)12(9-11)14(15,16)17/h4-5,7-9H,3,6H2,1-2H3. The summed E-state index contributed by atoms with van der Waals surface area (Å²) in [7, 11) is 0. The van der Waals surface area contributed by atoms with Gasteiger partial charge in [-0.25, -0.2) is 0 Å². The fourth-order valence-corrected chi connectivity index (χ4v) is 1.56. The molecular weight excluding hydrogens is 257 g/mol. The number of ether oxygens (including phenoxy) is 1. The van der Waals surface area contributed by atoms with Crippen LogP contribution in [0.15, 0.2) is 24.3 Å². The first-order valence-corrected chi connectivity index (χ1v) is 5.84. The van der Waals surface area contributed by atoms with E-state index in [2.05, 4.69) is 0 Å². The van der Waals surface area contributed by atoms with Crippen molar-refractivity contribution in [2.45, 2.75) is 26.4 Å². The Morgan fingerprint density at radius 2 is 2.05 bits per heavy atom. The third-order valence-corrected chi connectivity index (χ3v) is 2.47. The number of benzene rings is 1. The number of carbonyl (C=O) groups is 1. The van der Waals surface area contributed by atoms with Crippen molar-refractivity contribution in [1.29, 1.82) is 0 Å². The van der Waals surface area contributed by atoms with Gasteiger partial charge in [-0.05, 0) is 31.0 Å². The van der Waals surface area contributed by atoms with E-state index in [0.29, 0.717) is 5.56 Å². The van der Waals surface area contributed by atoms with Crippen molar-refractivity contribution in [2.75, 3.05) is 6.61 Å². The highest BCUT2D eigenvalue weighted by atomic mass is 19.4. The van der Waals surface area contributed by atoms with E-state index in [0.717, 1.165) is 6.07 Å². The molecule has 0 aliphatic rings. The van der Waals surface area contributed by atoms with Gasteiger partial charge >= 0.3 is 12.1 Å². The van der Waals surface area contributed by atoms with Gasteiger partial charge < -0.3 is 4.74 Å². The predicted octanol–water partition coefficient (Wildman–Crippen LogP) is 3.98. The second-order valence-electron chi connectivity index (χ2n) is 3.98. The second kappa shape index (κ2) is 6.41. The molecule has 0 aromatic heterocycles. The van der Waals surface area contributed by atoms with Crippen molar-refractivity contribution in [1.82, 2.24) is 0 Å². The maximum Gasteiger partial charge on any atom is 0.416 e. The smallest absolute Gasteiger partial charge is 0.416 e. The van der Waals surface area contributed by atoms with Gasteiger partial charge in [-0.15, -0.1) is 0 Å². The Morgan fingerprint density at radius 3 is 2.63 bits per heavy atom. The molecule has 2 nitrogen and oxygen atoms in total. The van der Waals surface area contributed by atoms with Gasteiger partial charge in [-0.3, -0.25) is 4.79 Å². The van der Waals surface area contributed by atoms with Crippen LogP contribution in [0, 0.1) is 6.92 Å². The molecule has 0 N–H and O–H groups in total. The van der Waals surface area contributed by atoms with Gasteiger partial charge in [0.2, 0.25) is 0 Å². The van der Waals surface area contributed by atoms with Crippen LogP contribution in [-0.4, -0.2) is 12.6 Å².